The Balaban J connectivity index is 0.00000288. The lowest BCUT2D eigenvalue weighted by Gasteiger charge is -2.23. The quantitative estimate of drug-likeness (QED) is 0.383. The maximum absolute atomic E-state index is 4.41. The SMILES string of the molecule is CN=C(NCCN1CCCCCC1)NC1CN(C(C)C)CC1C.I. The van der Waals surface area contributed by atoms with E-state index in [0.717, 1.165) is 25.6 Å². The molecule has 2 saturated heterocycles. The van der Waals surface area contributed by atoms with Gasteiger partial charge in [-0.05, 0) is 45.7 Å². The second-order valence-electron chi connectivity index (χ2n) is 7.53. The van der Waals surface area contributed by atoms with Crippen molar-refractivity contribution in [2.45, 2.75) is 58.5 Å². The standard InChI is InChI=1S/C18H37N5.HI/c1-15(2)23-13-16(3)17(14-23)21-18(19-4)20-9-12-22-10-7-5-6-8-11-22;/h15-17H,5-14H2,1-4H3,(H2,19,20,21);1H. The highest BCUT2D eigenvalue weighted by Crippen LogP contribution is 2.18. The molecule has 0 aromatic carbocycles. The fourth-order valence-electron chi connectivity index (χ4n) is 3.68. The highest BCUT2D eigenvalue weighted by Gasteiger charge is 2.31. The Kier molecular flexibility index (Phi) is 10.5. The Morgan fingerprint density at radius 3 is 2.33 bits per heavy atom. The van der Waals surface area contributed by atoms with Crippen molar-refractivity contribution in [3.05, 3.63) is 0 Å². The van der Waals surface area contributed by atoms with Crippen LogP contribution in [0, 0.1) is 5.92 Å². The summed E-state index contributed by atoms with van der Waals surface area (Å²) >= 11 is 0. The van der Waals surface area contributed by atoms with Crippen molar-refractivity contribution in [2.24, 2.45) is 10.9 Å². The average molecular weight is 451 g/mol. The molecule has 24 heavy (non-hydrogen) atoms. The number of halogens is 1. The van der Waals surface area contributed by atoms with Gasteiger partial charge >= 0.3 is 0 Å². The van der Waals surface area contributed by atoms with E-state index in [1.807, 2.05) is 7.05 Å². The number of aliphatic imine (C=N–C) groups is 1. The summed E-state index contributed by atoms with van der Waals surface area (Å²) in [7, 11) is 1.88. The van der Waals surface area contributed by atoms with Crippen molar-refractivity contribution in [1.82, 2.24) is 20.4 Å². The molecule has 0 aromatic heterocycles. The van der Waals surface area contributed by atoms with Crippen LogP contribution in [0.1, 0.15) is 46.5 Å². The number of hydrogen-bond donors (Lipinski definition) is 2. The molecule has 2 rings (SSSR count). The molecule has 0 spiro atoms. The maximum atomic E-state index is 4.41. The molecule has 2 heterocycles. The number of nitrogens with one attached hydrogen (secondary N) is 2. The first-order valence-electron chi connectivity index (χ1n) is 9.53. The largest absolute Gasteiger partial charge is 0.355 e. The minimum atomic E-state index is 0. The predicted molar refractivity (Wildman–Crippen MR) is 114 cm³/mol. The van der Waals surface area contributed by atoms with Gasteiger partial charge in [0.1, 0.15) is 0 Å². The van der Waals surface area contributed by atoms with Gasteiger partial charge in [0.15, 0.2) is 5.96 Å². The summed E-state index contributed by atoms with van der Waals surface area (Å²) in [6, 6.07) is 1.13. The van der Waals surface area contributed by atoms with Crippen LogP contribution in [0.5, 0.6) is 0 Å². The molecular weight excluding hydrogens is 413 g/mol. The third-order valence-electron chi connectivity index (χ3n) is 5.34. The lowest BCUT2D eigenvalue weighted by Crippen LogP contribution is -2.48. The molecule has 2 aliphatic rings. The molecule has 0 bridgehead atoms. The Morgan fingerprint density at radius 1 is 1.12 bits per heavy atom. The Bertz CT molecular complexity index is 366. The zero-order valence-electron chi connectivity index (χ0n) is 16.1. The van der Waals surface area contributed by atoms with Crippen molar-refractivity contribution in [3.63, 3.8) is 0 Å². The number of nitrogens with zero attached hydrogens (tertiary/aromatic N) is 3. The first kappa shape index (κ1) is 22.0. The van der Waals surface area contributed by atoms with Gasteiger partial charge in [0.05, 0.1) is 0 Å². The molecular formula is C18H38IN5. The van der Waals surface area contributed by atoms with Crippen LogP contribution in [0.25, 0.3) is 0 Å². The molecule has 2 unspecified atom stereocenters. The summed E-state index contributed by atoms with van der Waals surface area (Å²) in [5.41, 5.74) is 0. The summed E-state index contributed by atoms with van der Waals surface area (Å²) in [6.45, 7) is 13.8. The van der Waals surface area contributed by atoms with E-state index in [1.165, 1.54) is 45.3 Å². The number of likely N-dealkylation sites (tertiary alicyclic amines) is 2. The van der Waals surface area contributed by atoms with Gasteiger partial charge in [0.25, 0.3) is 0 Å². The van der Waals surface area contributed by atoms with E-state index in [0.29, 0.717) is 18.0 Å². The number of guanidine groups is 1. The fourth-order valence-corrected chi connectivity index (χ4v) is 3.68. The second-order valence-corrected chi connectivity index (χ2v) is 7.53. The van der Waals surface area contributed by atoms with Crippen LogP contribution < -0.4 is 10.6 Å². The molecule has 0 aromatic rings. The summed E-state index contributed by atoms with van der Waals surface area (Å²) in [6.07, 6.45) is 5.52. The first-order valence-corrected chi connectivity index (χ1v) is 9.53. The molecule has 0 saturated carbocycles. The van der Waals surface area contributed by atoms with Crippen LogP contribution in [-0.4, -0.2) is 74.2 Å². The van der Waals surface area contributed by atoms with Crippen molar-refractivity contribution in [1.29, 1.82) is 0 Å². The van der Waals surface area contributed by atoms with Crippen molar-refractivity contribution < 1.29 is 0 Å². The predicted octanol–water partition coefficient (Wildman–Crippen LogP) is 2.37. The molecule has 2 fully saturated rings. The van der Waals surface area contributed by atoms with Gasteiger partial charge in [0.2, 0.25) is 0 Å². The Morgan fingerprint density at radius 2 is 1.79 bits per heavy atom. The smallest absolute Gasteiger partial charge is 0.191 e. The van der Waals surface area contributed by atoms with E-state index in [2.05, 4.69) is 46.2 Å². The van der Waals surface area contributed by atoms with Gasteiger partial charge in [-0.2, -0.15) is 0 Å². The normalized spacial score (nSPS) is 27.0. The van der Waals surface area contributed by atoms with Gasteiger partial charge in [-0.1, -0.05) is 19.8 Å². The van der Waals surface area contributed by atoms with Gasteiger partial charge in [-0.3, -0.25) is 9.89 Å². The molecule has 142 valence electrons. The van der Waals surface area contributed by atoms with Crippen LogP contribution in [0.15, 0.2) is 4.99 Å². The minimum Gasteiger partial charge on any atom is -0.355 e. The van der Waals surface area contributed by atoms with E-state index in [-0.39, 0.29) is 24.0 Å². The summed E-state index contributed by atoms with van der Waals surface area (Å²) < 4.78 is 0. The lowest BCUT2D eigenvalue weighted by molar-refractivity contribution is 0.265. The monoisotopic (exact) mass is 451 g/mol. The third-order valence-corrected chi connectivity index (χ3v) is 5.34. The summed E-state index contributed by atoms with van der Waals surface area (Å²) in [4.78, 5) is 9.55. The molecule has 2 N–H and O–H groups in total. The topological polar surface area (TPSA) is 42.9 Å². The highest BCUT2D eigenvalue weighted by atomic mass is 127. The van der Waals surface area contributed by atoms with Crippen molar-refractivity contribution in [3.8, 4) is 0 Å². The average Bonchev–Trinajstić information content (AvgIpc) is 2.74. The van der Waals surface area contributed by atoms with E-state index >= 15 is 0 Å². The molecule has 5 nitrogen and oxygen atoms in total. The van der Waals surface area contributed by atoms with Crippen molar-refractivity contribution in [2.75, 3.05) is 46.3 Å². The lowest BCUT2D eigenvalue weighted by atomic mass is 10.1. The number of hydrogen-bond acceptors (Lipinski definition) is 3. The Hall–Kier alpha value is -0.0800. The fraction of sp³-hybridized carbons (Fsp3) is 0.944. The van der Waals surface area contributed by atoms with Crippen LogP contribution >= 0.6 is 24.0 Å². The van der Waals surface area contributed by atoms with E-state index < -0.39 is 0 Å². The van der Waals surface area contributed by atoms with Crippen LogP contribution in [0.2, 0.25) is 0 Å². The van der Waals surface area contributed by atoms with E-state index in [1.54, 1.807) is 0 Å². The molecule has 2 aliphatic heterocycles. The van der Waals surface area contributed by atoms with Crippen LogP contribution in [0.4, 0.5) is 0 Å². The highest BCUT2D eigenvalue weighted by molar-refractivity contribution is 14.0. The van der Waals surface area contributed by atoms with Gasteiger partial charge in [-0.25, -0.2) is 0 Å². The Labute approximate surface area is 166 Å². The first-order chi connectivity index (χ1) is 11.1. The van der Waals surface area contributed by atoms with E-state index in [9.17, 15) is 0 Å². The zero-order valence-corrected chi connectivity index (χ0v) is 18.4. The summed E-state index contributed by atoms with van der Waals surface area (Å²) in [5.74, 6) is 1.63. The van der Waals surface area contributed by atoms with Gasteiger partial charge in [-0.15, -0.1) is 24.0 Å². The molecule has 0 aliphatic carbocycles. The number of rotatable bonds is 5. The summed E-state index contributed by atoms with van der Waals surface area (Å²) in [5, 5.41) is 7.14. The third kappa shape index (κ3) is 7.04. The molecule has 2 atom stereocenters. The van der Waals surface area contributed by atoms with Gasteiger partial charge < -0.3 is 15.5 Å². The van der Waals surface area contributed by atoms with Crippen LogP contribution in [-0.2, 0) is 0 Å². The maximum Gasteiger partial charge on any atom is 0.191 e. The van der Waals surface area contributed by atoms with Crippen molar-refractivity contribution >= 4 is 29.9 Å². The molecule has 0 amide bonds. The molecule has 6 heteroatoms. The van der Waals surface area contributed by atoms with E-state index in [4.69, 9.17) is 0 Å². The minimum absolute atomic E-state index is 0. The van der Waals surface area contributed by atoms with Gasteiger partial charge in [0, 0.05) is 45.3 Å². The molecule has 0 radical (unpaired) electrons. The second kappa shape index (κ2) is 11.5. The van der Waals surface area contributed by atoms with Crippen LogP contribution in [0.3, 0.4) is 0 Å². The zero-order chi connectivity index (χ0) is 16.7.